The van der Waals surface area contributed by atoms with Gasteiger partial charge < -0.3 is 14.7 Å². The van der Waals surface area contributed by atoms with Gasteiger partial charge in [0, 0.05) is 29.8 Å². The van der Waals surface area contributed by atoms with Crippen molar-refractivity contribution in [3.8, 4) is 0 Å². The lowest BCUT2D eigenvalue weighted by molar-refractivity contribution is -0.110. The van der Waals surface area contributed by atoms with Gasteiger partial charge in [-0.2, -0.15) is 0 Å². The summed E-state index contributed by atoms with van der Waals surface area (Å²) in [6.45, 7) is 3.11. The van der Waals surface area contributed by atoms with Gasteiger partial charge in [0.25, 0.3) is 5.91 Å². The summed E-state index contributed by atoms with van der Waals surface area (Å²) in [6.07, 6.45) is 1.38. The molecule has 1 unspecified atom stereocenters. The molecule has 3 rings (SSSR count). The molecule has 1 atom stereocenters. The molecule has 24 heavy (non-hydrogen) atoms. The first-order valence-corrected chi connectivity index (χ1v) is 8.47. The molecule has 126 valence electrons. The number of rotatable bonds is 7. The van der Waals surface area contributed by atoms with Crippen molar-refractivity contribution in [3.63, 3.8) is 0 Å². The van der Waals surface area contributed by atoms with E-state index in [4.69, 9.17) is 9.84 Å². The molecule has 0 aromatic heterocycles. The number of ether oxygens (including phenoxy) is 1. The second-order valence-corrected chi connectivity index (χ2v) is 5.94. The van der Waals surface area contributed by atoms with Gasteiger partial charge >= 0.3 is 0 Å². The predicted molar refractivity (Wildman–Crippen MR) is 92.6 cm³/mol. The van der Waals surface area contributed by atoms with Crippen molar-refractivity contribution < 1.29 is 14.6 Å². The van der Waals surface area contributed by atoms with Gasteiger partial charge in [-0.1, -0.05) is 55.5 Å². The first kappa shape index (κ1) is 16.7. The van der Waals surface area contributed by atoms with Gasteiger partial charge in [0.05, 0.1) is 6.61 Å². The Morgan fingerprint density at radius 2 is 1.79 bits per heavy atom. The van der Waals surface area contributed by atoms with E-state index in [1.165, 1.54) is 0 Å². The van der Waals surface area contributed by atoms with E-state index in [1.54, 1.807) is 0 Å². The van der Waals surface area contributed by atoms with Crippen molar-refractivity contribution in [2.24, 2.45) is 0 Å². The number of benzene rings is 2. The minimum Gasteiger partial charge on any atom is -0.396 e. The molecule has 4 heteroatoms. The number of carbonyl (C=O) groups excluding carboxylic acids is 1. The Balaban J connectivity index is 2.18. The Labute approximate surface area is 142 Å². The molecule has 2 aromatic rings. The van der Waals surface area contributed by atoms with Crippen LogP contribution in [0.15, 0.2) is 54.6 Å². The van der Waals surface area contributed by atoms with Crippen LogP contribution < -0.4 is 0 Å². The van der Waals surface area contributed by atoms with Crippen molar-refractivity contribution in [1.29, 1.82) is 0 Å². The summed E-state index contributed by atoms with van der Waals surface area (Å²) in [5.74, 6) is 0.000279. The SMILES string of the molecule is CCCN1C(=O)c2ccccc2C1(OCCCO)c1ccccc1. The van der Waals surface area contributed by atoms with Crippen molar-refractivity contribution in [2.45, 2.75) is 25.5 Å². The average Bonchev–Trinajstić information content (AvgIpc) is 2.87. The quantitative estimate of drug-likeness (QED) is 0.796. The minimum absolute atomic E-state index is 0.000279. The van der Waals surface area contributed by atoms with Crippen LogP contribution >= 0.6 is 0 Å². The largest absolute Gasteiger partial charge is 0.396 e. The van der Waals surface area contributed by atoms with Crippen LogP contribution in [0.4, 0.5) is 0 Å². The van der Waals surface area contributed by atoms with Crippen LogP contribution in [0.3, 0.4) is 0 Å². The summed E-state index contributed by atoms with van der Waals surface area (Å²) >= 11 is 0. The maximum absolute atomic E-state index is 13.0. The van der Waals surface area contributed by atoms with Crippen LogP contribution in [0.5, 0.6) is 0 Å². The van der Waals surface area contributed by atoms with Crippen LogP contribution in [0.2, 0.25) is 0 Å². The second kappa shape index (κ2) is 7.16. The standard InChI is InChI=1S/C20H23NO3/c1-2-13-21-19(23)17-11-6-7-12-18(17)20(21,24-15-8-14-22)16-9-4-3-5-10-16/h3-7,9-12,22H,2,8,13-15H2,1H3. The second-order valence-electron chi connectivity index (χ2n) is 5.94. The molecule has 0 spiro atoms. The van der Waals surface area contributed by atoms with E-state index in [0.29, 0.717) is 25.1 Å². The van der Waals surface area contributed by atoms with Crippen molar-refractivity contribution in [2.75, 3.05) is 19.8 Å². The lowest BCUT2D eigenvalue weighted by atomic mass is 9.93. The fraction of sp³-hybridized carbons (Fsp3) is 0.350. The van der Waals surface area contributed by atoms with E-state index in [2.05, 4.69) is 6.92 Å². The summed E-state index contributed by atoms with van der Waals surface area (Å²) in [5.41, 5.74) is 1.60. The van der Waals surface area contributed by atoms with Gasteiger partial charge in [-0.15, -0.1) is 0 Å². The van der Waals surface area contributed by atoms with Gasteiger partial charge in [-0.3, -0.25) is 4.79 Å². The molecular weight excluding hydrogens is 302 g/mol. The van der Waals surface area contributed by atoms with Crippen LogP contribution in [-0.2, 0) is 10.5 Å². The van der Waals surface area contributed by atoms with Crippen LogP contribution in [0, 0.1) is 0 Å². The first-order valence-electron chi connectivity index (χ1n) is 8.47. The molecule has 0 saturated carbocycles. The van der Waals surface area contributed by atoms with Gasteiger partial charge in [0.1, 0.15) is 0 Å². The molecule has 1 heterocycles. The van der Waals surface area contributed by atoms with Gasteiger partial charge in [0.2, 0.25) is 0 Å². The number of hydrogen-bond donors (Lipinski definition) is 1. The molecule has 0 saturated heterocycles. The highest BCUT2D eigenvalue weighted by atomic mass is 16.5. The molecule has 1 aliphatic rings. The molecule has 0 fully saturated rings. The fourth-order valence-electron chi connectivity index (χ4n) is 3.38. The number of aliphatic hydroxyl groups is 1. The number of carbonyl (C=O) groups is 1. The summed E-state index contributed by atoms with van der Waals surface area (Å²) in [4.78, 5) is 14.8. The Kier molecular flexibility index (Phi) is 4.97. The van der Waals surface area contributed by atoms with Crippen LogP contribution in [0.25, 0.3) is 0 Å². The lowest BCUT2D eigenvalue weighted by Gasteiger charge is -2.39. The Hall–Kier alpha value is -2.17. The zero-order chi connectivity index (χ0) is 17.0. The topological polar surface area (TPSA) is 49.8 Å². The van der Waals surface area contributed by atoms with Crippen molar-refractivity contribution >= 4 is 5.91 Å². The average molecular weight is 325 g/mol. The summed E-state index contributed by atoms with van der Waals surface area (Å²) in [7, 11) is 0. The molecular formula is C20H23NO3. The maximum Gasteiger partial charge on any atom is 0.257 e. The van der Waals surface area contributed by atoms with E-state index in [1.807, 2.05) is 59.5 Å². The number of nitrogens with zero attached hydrogens (tertiary/aromatic N) is 1. The highest BCUT2D eigenvalue weighted by Gasteiger charge is 2.51. The number of fused-ring (bicyclic) bond motifs is 1. The minimum atomic E-state index is -0.917. The molecule has 1 amide bonds. The summed E-state index contributed by atoms with van der Waals surface area (Å²) in [6, 6.07) is 17.5. The van der Waals surface area contributed by atoms with E-state index in [-0.39, 0.29) is 12.5 Å². The zero-order valence-electron chi connectivity index (χ0n) is 13.9. The molecule has 0 bridgehead atoms. The van der Waals surface area contributed by atoms with E-state index in [0.717, 1.165) is 17.5 Å². The zero-order valence-corrected chi connectivity index (χ0v) is 13.9. The van der Waals surface area contributed by atoms with E-state index < -0.39 is 5.72 Å². The van der Waals surface area contributed by atoms with E-state index in [9.17, 15) is 4.79 Å². The molecule has 0 radical (unpaired) electrons. The first-order chi connectivity index (χ1) is 11.8. The monoisotopic (exact) mass is 325 g/mol. The molecule has 2 aromatic carbocycles. The molecule has 4 nitrogen and oxygen atoms in total. The van der Waals surface area contributed by atoms with Gasteiger partial charge in [0.15, 0.2) is 5.72 Å². The molecule has 1 aliphatic heterocycles. The van der Waals surface area contributed by atoms with Gasteiger partial charge in [-0.05, 0) is 18.9 Å². The highest BCUT2D eigenvalue weighted by Crippen LogP contribution is 2.45. The van der Waals surface area contributed by atoms with Crippen LogP contribution in [-0.4, -0.2) is 35.7 Å². The maximum atomic E-state index is 13.0. The van der Waals surface area contributed by atoms with Crippen molar-refractivity contribution in [3.05, 3.63) is 71.3 Å². The van der Waals surface area contributed by atoms with Crippen LogP contribution in [0.1, 0.15) is 41.3 Å². The number of aliphatic hydroxyl groups excluding tert-OH is 1. The summed E-state index contributed by atoms with van der Waals surface area (Å²) < 4.78 is 6.32. The summed E-state index contributed by atoms with van der Waals surface area (Å²) in [5, 5.41) is 9.15. The normalized spacial score (nSPS) is 19.6. The molecule has 1 N–H and O–H groups in total. The molecule has 0 aliphatic carbocycles. The smallest absolute Gasteiger partial charge is 0.257 e. The predicted octanol–water partition coefficient (Wildman–Crippen LogP) is 3.15. The van der Waals surface area contributed by atoms with E-state index >= 15 is 0 Å². The van der Waals surface area contributed by atoms with Gasteiger partial charge in [-0.25, -0.2) is 0 Å². The Bertz CT molecular complexity index is 701. The Morgan fingerprint density at radius 1 is 1.08 bits per heavy atom. The van der Waals surface area contributed by atoms with Crippen molar-refractivity contribution in [1.82, 2.24) is 4.90 Å². The Morgan fingerprint density at radius 3 is 2.50 bits per heavy atom. The number of hydrogen-bond acceptors (Lipinski definition) is 3. The third kappa shape index (κ3) is 2.62. The fourth-order valence-corrected chi connectivity index (χ4v) is 3.38. The third-order valence-electron chi connectivity index (χ3n) is 4.37. The number of amides is 1. The lowest BCUT2D eigenvalue weighted by Crippen LogP contribution is -2.47. The third-order valence-corrected chi connectivity index (χ3v) is 4.37. The highest BCUT2D eigenvalue weighted by molar-refractivity contribution is 6.00.